The first-order valence-electron chi connectivity index (χ1n) is 6.90. The molecule has 0 aromatic heterocycles. The van der Waals surface area contributed by atoms with E-state index in [2.05, 4.69) is 48.7 Å². The number of nitrogens with one attached hydrogen (secondary N) is 1. The zero-order chi connectivity index (χ0) is 11.9. The Balaban J connectivity index is 2.00. The molecule has 1 aliphatic carbocycles. The summed E-state index contributed by atoms with van der Waals surface area (Å²) in [6.07, 6.45) is 12.4. The highest BCUT2D eigenvalue weighted by atomic mass is 14.9. The largest absolute Gasteiger partial charge is 0.379 e. The quantitative estimate of drug-likeness (QED) is 0.750. The van der Waals surface area contributed by atoms with E-state index in [1.165, 1.54) is 43.4 Å². The van der Waals surface area contributed by atoms with Crippen LogP contribution in [0, 0.1) is 0 Å². The van der Waals surface area contributed by atoms with Crippen molar-refractivity contribution in [3.05, 3.63) is 42.0 Å². The molecule has 1 aliphatic rings. The average Bonchev–Trinajstić information content (AvgIpc) is 2.33. The molecule has 0 aliphatic heterocycles. The molecule has 0 heterocycles. The lowest BCUT2D eigenvalue weighted by Crippen LogP contribution is -2.17. The van der Waals surface area contributed by atoms with Crippen molar-refractivity contribution in [3.8, 4) is 0 Å². The molecule has 1 atom stereocenters. The molecule has 92 valence electrons. The molecular formula is C16H23N. The molecule has 0 amide bonds. The Labute approximate surface area is 105 Å². The van der Waals surface area contributed by atoms with E-state index in [4.69, 9.17) is 0 Å². The van der Waals surface area contributed by atoms with Gasteiger partial charge in [0, 0.05) is 11.7 Å². The predicted molar refractivity (Wildman–Crippen MR) is 75.5 cm³/mol. The fourth-order valence-electron chi connectivity index (χ4n) is 2.38. The van der Waals surface area contributed by atoms with Crippen LogP contribution in [-0.4, -0.2) is 6.04 Å². The van der Waals surface area contributed by atoms with Crippen LogP contribution < -0.4 is 5.32 Å². The average molecular weight is 229 g/mol. The Morgan fingerprint density at radius 1 is 1.24 bits per heavy atom. The minimum atomic E-state index is 0.516. The predicted octanol–water partition coefficient (Wildman–Crippen LogP) is 4.55. The minimum Gasteiger partial charge on any atom is -0.379 e. The van der Waals surface area contributed by atoms with Gasteiger partial charge in [-0.15, -0.1) is 0 Å². The Hall–Kier alpha value is -1.24. The zero-order valence-corrected chi connectivity index (χ0v) is 10.8. The van der Waals surface area contributed by atoms with Crippen LogP contribution in [0.3, 0.4) is 0 Å². The van der Waals surface area contributed by atoms with Crippen LogP contribution in [0.2, 0.25) is 0 Å². The number of anilines is 1. The Bertz CT molecular complexity index is 368. The van der Waals surface area contributed by atoms with Gasteiger partial charge < -0.3 is 5.32 Å². The number of aryl methyl sites for hydroxylation is 1. The second-order valence-corrected chi connectivity index (χ2v) is 4.87. The summed E-state index contributed by atoms with van der Waals surface area (Å²) in [5.74, 6) is 0. The highest BCUT2D eigenvalue weighted by Gasteiger charge is 2.06. The summed E-state index contributed by atoms with van der Waals surface area (Å²) in [6, 6.07) is 9.30. The molecule has 1 aromatic rings. The SMILES string of the molecule is CCc1cccc(NC2/C=C/CCCCC2)c1. The zero-order valence-electron chi connectivity index (χ0n) is 10.8. The normalized spacial score (nSPS) is 22.5. The molecule has 17 heavy (non-hydrogen) atoms. The second kappa shape index (κ2) is 6.48. The van der Waals surface area contributed by atoms with Gasteiger partial charge in [-0.1, -0.05) is 44.1 Å². The van der Waals surface area contributed by atoms with Crippen LogP contribution >= 0.6 is 0 Å². The van der Waals surface area contributed by atoms with Crippen molar-refractivity contribution in [3.63, 3.8) is 0 Å². The van der Waals surface area contributed by atoms with E-state index < -0.39 is 0 Å². The fraction of sp³-hybridized carbons (Fsp3) is 0.500. The highest BCUT2D eigenvalue weighted by Crippen LogP contribution is 2.17. The lowest BCUT2D eigenvalue weighted by atomic mass is 10.0. The van der Waals surface area contributed by atoms with Gasteiger partial charge in [-0.3, -0.25) is 0 Å². The molecule has 1 nitrogen and oxygen atoms in total. The van der Waals surface area contributed by atoms with Gasteiger partial charge in [-0.2, -0.15) is 0 Å². The first-order chi connectivity index (χ1) is 8.38. The lowest BCUT2D eigenvalue weighted by molar-refractivity contribution is 0.610. The van der Waals surface area contributed by atoms with Crippen molar-refractivity contribution in [1.82, 2.24) is 0 Å². The number of benzene rings is 1. The number of rotatable bonds is 3. The molecule has 0 bridgehead atoms. The molecule has 0 spiro atoms. The lowest BCUT2D eigenvalue weighted by Gasteiger charge is -2.18. The van der Waals surface area contributed by atoms with Gasteiger partial charge in [0.1, 0.15) is 0 Å². The van der Waals surface area contributed by atoms with Crippen molar-refractivity contribution >= 4 is 5.69 Å². The maximum atomic E-state index is 3.64. The van der Waals surface area contributed by atoms with Crippen molar-refractivity contribution in [2.45, 2.75) is 51.5 Å². The molecule has 1 aromatic carbocycles. The third kappa shape index (κ3) is 3.92. The van der Waals surface area contributed by atoms with Gasteiger partial charge in [0.05, 0.1) is 0 Å². The van der Waals surface area contributed by atoms with Gasteiger partial charge in [0.15, 0.2) is 0 Å². The first kappa shape index (κ1) is 12.2. The molecular weight excluding hydrogens is 206 g/mol. The van der Waals surface area contributed by atoms with Gasteiger partial charge in [-0.05, 0) is 43.4 Å². The summed E-state index contributed by atoms with van der Waals surface area (Å²) in [5, 5.41) is 3.64. The number of hydrogen-bond acceptors (Lipinski definition) is 1. The maximum Gasteiger partial charge on any atom is 0.0444 e. The summed E-state index contributed by atoms with van der Waals surface area (Å²) in [5.41, 5.74) is 2.67. The molecule has 0 saturated carbocycles. The molecule has 0 radical (unpaired) electrons. The summed E-state index contributed by atoms with van der Waals surface area (Å²) in [7, 11) is 0. The smallest absolute Gasteiger partial charge is 0.0444 e. The van der Waals surface area contributed by atoms with Gasteiger partial charge in [-0.25, -0.2) is 0 Å². The van der Waals surface area contributed by atoms with Crippen LogP contribution in [0.25, 0.3) is 0 Å². The molecule has 1 heteroatoms. The standard InChI is InChI=1S/C16H23N/c1-2-14-9-8-12-16(13-14)17-15-10-6-4-3-5-7-11-15/h6,8-10,12-13,15,17H,2-5,7,11H2,1H3/b10-6+. The fourth-order valence-corrected chi connectivity index (χ4v) is 2.38. The van der Waals surface area contributed by atoms with Crippen LogP contribution in [0.4, 0.5) is 5.69 Å². The van der Waals surface area contributed by atoms with Gasteiger partial charge in [0.2, 0.25) is 0 Å². The van der Waals surface area contributed by atoms with Gasteiger partial charge >= 0.3 is 0 Å². The Kier molecular flexibility index (Phi) is 4.66. The van der Waals surface area contributed by atoms with Crippen LogP contribution in [0.1, 0.15) is 44.6 Å². The van der Waals surface area contributed by atoms with Crippen LogP contribution in [-0.2, 0) is 6.42 Å². The molecule has 0 fully saturated rings. The topological polar surface area (TPSA) is 12.0 Å². The van der Waals surface area contributed by atoms with Crippen molar-refractivity contribution < 1.29 is 0 Å². The molecule has 1 N–H and O–H groups in total. The van der Waals surface area contributed by atoms with E-state index >= 15 is 0 Å². The Morgan fingerprint density at radius 3 is 3.06 bits per heavy atom. The first-order valence-corrected chi connectivity index (χ1v) is 6.90. The monoisotopic (exact) mass is 229 g/mol. The summed E-state index contributed by atoms with van der Waals surface area (Å²) >= 11 is 0. The van der Waals surface area contributed by atoms with Crippen LogP contribution in [0.5, 0.6) is 0 Å². The van der Waals surface area contributed by atoms with E-state index in [9.17, 15) is 0 Å². The van der Waals surface area contributed by atoms with Crippen molar-refractivity contribution in [2.75, 3.05) is 5.32 Å². The van der Waals surface area contributed by atoms with Gasteiger partial charge in [0.25, 0.3) is 0 Å². The molecule has 0 saturated heterocycles. The van der Waals surface area contributed by atoms with Crippen LogP contribution in [0.15, 0.2) is 36.4 Å². The summed E-state index contributed by atoms with van der Waals surface area (Å²) < 4.78 is 0. The summed E-state index contributed by atoms with van der Waals surface area (Å²) in [6.45, 7) is 2.20. The number of hydrogen-bond donors (Lipinski definition) is 1. The highest BCUT2D eigenvalue weighted by molar-refractivity contribution is 5.47. The summed E-state index contributed by atoms with van der Waals surface area (Å²) in [4.78, 5) is 0. The van der Waals surface area contributed by atoms with Crippen molar-refractivity contribution in [1.29, 1.82) is 0 Å². The van der Waals surface area contributed by atoms with E-state index in [0.29, 0.717) is 6.04 Å². The minimum absolute atomic E-state index is 0.516. The van der Waals surface area contributed by atoms with E-state index in [0.717, 1.165) is 6.42 Å². The third-order valence-electron chi connectivity index (χ3n) is 3.44. The Morgan fingerprint density at radius 2 is 2.18 bits per heavy atom. The molecule has 2 rings (SSSR count). The molecule has 1 unspecified atom stereocenters. The van der Waals surface area contributed by atoms with E-state index in [1.807, 2.05) is 0 Å². The third-order valence-corrected chi connectivity index (χ3v) is 3.44. The number of allylic oxidation sites excluding steroid dienone is 1. The van der Waals surface area contributed by atoms with Crippen molar-refractivity contribution in [2.24, 2.45) is 0 Å². The van der Waals surface area contributed by atoms with E-state index in [1.54, 1.807) is 0 Å². The second-order valence-electron chi connectivity index (χ2n) is 4.87. The maximum absolute atomic E-state index is 3.64. The van der Waals surface area contributed by atoms with E-state index in [-0.39, 0.29) is 0 Å².